The molecule has 9 heteroatoms. The highest BCUT2D eigenvalue weighted by atomic mass is 35.5. The Kier molecular flexibility index (Phi) is 7.42. The molecular formula is C22H19Cl2FN4O2. The number of benzene rings is 2. The van der Waals surface area contributed by atoms with E-state index in [-0.39, 0.29) is 42.0 Å². The van der Waals surface area contributed by atoms with Gasteiger partial charge in [0.2, 0.25) is 0 Å². The summed E-state index contributed by atoms with van der Waals surface area (Å²) in [5.74, 6) is -0.743. The number of hydrogen-bond acceptors (Lipinski definition) is 5. The van der Waals surface area contributed by atoms with Gasteiger partial charge in [-0.15, -0.1) is 12.4 Å². The lowest BCUT2D eigenvalue weighted by atomic mass is 10.0. The van der Waals surface area contributed by atoms with E-state index in [9.17, 15) is 9.18 Å². The summed E-state index contributed by atoms with van der Waals surface area (Å²) < 4.78 is 21.2. The molecule has 1 aliphatic rings. The van der Waals surface area contributed by atoms with Gasteiger partial charge in [0.05, 0.1) is 36.1 Å². The molecule has 6 nitrogen and oxygen atoms in total. The van der Waals surface area contributed by atoms with Crippen LogP contribution in [-0.4, -0.2) is 35.3 Å². The fraction of sp³-hybridized carbons (Fsp3) is 0.227. The summed E-state index contributed by atoms with van der Waals surface area (Å²) in [4.78, 5) is 12.7. The van der Waals surface area contributed by atoms with Gasteiger partial charge in [-0.3, -0.25) is 4.79 Å². The Morgan fingerprint density at radius 3 is 2.87 bits per heavy atom. The molecule has 0 unspecified atom stereocenters. The van der Waals surface area contributed by atoms with Crippen molar-refractivity contribution in [3.8, 4) is 11.8 Å². The Bertz CT molecular complexity index is 1140. The van der Waals surface area contributed by atoms with Crippen molar-refractivity contribution >= 4 is 29.8 Å². The van der Waals surface area contributed by atoms with Crippen molar-refractivity contribution in [1.29, 1.82) is 5.26 Å². The highest BCUT2D eigenvalue weighted by Gasteiger charge is 2.19. The van der Waals surface area contributed by atoms with E-state index in [2.05, 4.69) is 10.4 Å². The SMILES string of the molecule is Cl.N#Cc1ccc(-n2cc(C(=O)Cc3ccc([C@H]4CNCCO4)c(Cl)c3)cn2)c(F)c1. The lowest BCUT2D eigenvalue weighted by Crippen LogP contribution is -2.33. The molecule has 2 aromatic carbocycles. The van der Waals surface area contributed by atoms with Gasteiger partial charge in [0.25, 0.3) is 0 Å². The summed E-state index contributed by atoms with van der Waals surface area (Å²) in [5.41, 5.74) is 2.41. The van der Waals surface area contributed by atoms with Crippen molar-refractivity contribution in [2.45, 2.75) is 12.5 Å². The summed E-state index contributed by atoms with van der Waals surface area (Å²) in [5, 5.41) is 16.8. The number of aromatic nitrogens is 2. The maximum atomic E-state index is 14.2. The molecule has 4 rings (SSSR count). The average molecular weight is 461 g/mol. The van der Waals surface area contributed by atoms with Gasteiger partial charge < -0.3 is 10.1 Å². The standard InChI is InChI=1S/C22H18ClFN4O2.ClH/c23-18-7-14(1-3-17(18)22-12-26-5-6-30-22)9-21(29)16-11-27-28(13-16)20-4-2-15(10-25)8-19(20)24;/h1-4,7-8,11,13,22,26H,5-6,9,12H2;1H/t22-;/m1./s1. The molecule has 2 heterocycles. The second kappa shape index (κ2) is 10.0. The number of carbonyl (C=O) groups excluding carboxylic acids is 1. The van der Waals surface area contributed by atoms with Crippen molar-refractivity contribution < 1.29 is 13.9 Å². The first-order chi connectivity index (χ1) is 14.5. The quantitative estimate of drug-likeness (QED) is 0.581. The van der Waals surface area contributed by atoms with Crippen LogP contribution in [0.4, 0.5) is 4.39 Å². The van der Waals surface area contributed by atoms with Crippen molar-refractivity contribution in [2.24, 2.45) is 0 Å². The van der Waals surface area contributed by atoms with Crippen LogP contribution in [0.2, 0.25) is 5.02 Å². The van der Waals surface area contributed by atoms with Crippen LogP contribution in [0.5, 0.6) is 0 Å². The fourth-order valence-electron chi connectivity index (χ4n) is 3.36. The largest absolute Gasteiger partial charge is 0.371 e. The zero-order chi connectivity index (χ0) is 21.1. The number of nitrogens with one attached hydrogen (secondary N) is 1. The van der Waals surface area contributed by atoms with E-state index in [0.29, 0.717) is 23.7 Å². The molecular weight excluding hydrogens is 442 g/mol. The van der Waals surface area contributed by atoms with Gasteiger partial charge >= 0.3 is 0 Å². The molecule has 1 fully saturated rings. The minimum absolute atomic E-state index is 0. The van der Waals surface area contributed by atoms with Crippen molar-refractivity contribution in [2.75, 3.05) is 19.7 Å². The Morgan fingerprint density at radius 2 is 2.19 bits per heavy atom. The van der Waals surface area contributed by atoms with E-state index < -0.39 is 5.82 Å². The molecule has 0 saturated carbocycles. The van der Waals surface area contributed by atoms with Gasteiger partial charge in [-0.25, -0.2) is 9.07 Å². The second-order valence-electron chi connectivity index (χ2n) is 6.97. The number of nitrogens with zero attached hydrogens (tertiary/aromatic N) is 3. The van der Waals surface area contributed by atoms with Gasteiger partial charge in [0, 0.05) is 36.3 Å². The van der Waals surface area contributed by atoms with Crippen LogP contribution in [0.25, 0.3) is 5.69 Å². The van der Waals surface area contributed by atoms with Gasteiger partial charge in [-0.1, -0.05) is 23.7 Å². The van der Waals surface area contributed by atoms with Crippen LogP contribution in [0.15, 0.2) is 48.8 Å². The second-order valence-corrected chi connectivity index (χ2v) is 7.38. The number of ketones is 1. The molecule has 1 aromatic heterocycles. The van der Waals surface area contributed by atoms with Crippen LogP contribution in [0.3, 0.4) is 0 Å². The van der Waals surface area contributed by atoms with Crippen LogP contribution >= 0.6 is 24.0 Å². The minimum Gasteiger partial charge on any atom is -0.371 e. The van der Waals surface area contributed by atoms with E-state index in [1.807, 2.05) is 18.2 Å². The number of hydrogen-bond donors (Lipinski definition) is 1. The summed E-state index contributed by atoms with van der Waals surface area (Å²) in [6, 6.07) is 11.5. The zero-order valence-electron chi connectivity index (χ0n) is 16.3. The summed E-state index contributed by atoms with van der Waals surface area (Å²) in [6.45, 7) is 2.15. The molecule has 1 N–H and O–H groups in total. The first kappa shape index (κ1) is 22.9. The predicted octanol–water partition coefficient (Wildman–Crippen LogP) is 4.04. The van der Waals surface area contributed by atoms with E-state index in [4.69, 9.17) is 21.6 Å². The minimum atomic E-state index is -0.585. The number of carbonyl (C=O) groups is 1. The molecule has 31 heavy (non-hydrogen) atoms. The van der Waals surface area contributed by atoms with E-state index >= 15 is 0 Å². The predicted molar refractivity (Wildman–Crippen MR) is 117 cm³/mol. The third-order valence-corrected chi connectivity index (χ3v) is 5.26. The fourth-order valence-corrected chi connectivity index (χ4v) is 3.68. The number of nitriles is 1. The van der Waals surface area contributed by atoms with Gasteiger partial charge in [0.15, 0.2) is 5.78 Å². The molecule has 0 amide bonds. The van der Waals surface area contributed by atoms with Crippen LogP contribution in [0, 0.1) is 17.1 Å². The molecule has 1 aliphatic heterocycles. The van der Waals surface area contributed by atoms with Gasteiger partial charge in [-0.2, -0.15) is 10.4 Å². The van der Waals surface area contributed by atoms with Crippen LogP contribution in [-0.2, 0) is 11.2 Å². The molecule has 0 spiro atoms. The Hall–Kier alpha value is -2.76. The van der Waals surface area contributed by atoms with Crippen LogP contribution < -0.4 is 5.32 Å². The highest BCUT2D eigenvalue weighted by Crippen LogP contribution is 2.28. The number of ether oxygens (including phenoxy) is 1. The maximum absolute atomic E-state index is 14.2. The highest BCUT2D eigenvalue weighted by molar-refractivity contribution is 6.31. The first-order valence-electron chi connectivity index (χ1n) is 9.43. The first-order valence-corrected chi connectivity index (χ1v) is 9.81. The van der Waals surface area contributed by atoms with Gasteiger partial charge in [0.1, 0.15) is 11.5 Å². The lowest BCUT2D eigenvalue weighted by Gasteiger charge is -2.24. The summed E-state index contributed by atoms with van der Waals surface area (Å²) in [6.07, 6.45) is 2.92. The summed E-state index contributed by atoms with van der Waals surface area (Å²) >= 11 is 6.42. The number of halogens is 3. The number of rotatable bonds is 5. The molecule has 1 saturated heterocycles. The molecule has 3 aromatic rings. The third-order valence-electron chi connectivity index (χ3n) is 4.93. The maximum Gasteiger partial charge on any atom is 0.170 e. The smallest absolute Gasteiger partial charge is 0.170 e. The molecule has 1 atom stereocenters. The van der Waals surface area contributed by atoms with E-state index in [0.717, 1.165) is 23.7 Å². The van der Waals surface area contributed by atoms with Crippen molar-refractivity contribution in [3.63, 3.8) is 0 Å². The normalized spacial score (nSPS) is 15.7. The lowest BCUT2D eigenvalue weighted by molar-refractivity contribution is 0.0277. The van der Waals surface area contributed by atoms with E-state index in [1.54, 1.807) is 6.07 Å². The van der Waals surface area contributed by atoms with Gasteiger partial charge in [-0.05, 0) is 29.8 Å². The Balaban J connectivity index is 0.00000272. The Morgan fingerprint density at radius 1 is 1.35 bits per heavy atom. The molecule has 0 radical (unpaired) electrons. The van der Waals surface area contributed by atoms with Crippen molar-refractivity contribution in [1.82, 2.24) is 15.1 Å². The molecule has 0 bridgehead atoms. The number of morpholine rings is 1. The topological polar surface area (TPSA) is 79.9 Å². The molecule has 0 aliphatic carbocycles. The molecule has 160 valence electrons. The van der Waals surface area contributed by atoms with Crippen molar-refractivity contribution in [3.05, 3.63) is 81.9 Å². The Labute approximate surface area is 190 Å². The monoisotopic (exact) mass is 460 g/mol. The number of Topliss-reactive ketones (excluding diaryl/α,β-unsaturated/α-hetero) is 1. The summed E-state index contributed by atoms with van der Waals surface area (Å²) in [7, 11) is 0. The third kappa shape index (κ3) is 5.12. The zero-order valence-corrected chi connectivity index (χ0v) is 17.9. The van der Waals surface area contributed by atoms with Crippen LogP contribution in [0.1, 0.15) is 33.2 Å². The van der Waals surface area contributed by atoms with E-state index in [1.165, 1.54) is 29.2 Å². The average Bonchev–Trinajstić information content (AvgIpc) is 3.24.